The Bertz CT molecular complexity index is 643. The molecular formula is C22H33FN2O3. The Labute approximate surface area is 167 Å². The van der Waals surface area contributed by atoms with Crippen molar-refractivity contribution in [3.05, 3.63) is 35.6 Å². The van der Waals surface area contributed by atoms with Gasteiger partial charge in [-0.2, -0.15) is 0 Å². The molecule has 28 heavy (non-hydrogen) atoms. The predicted molar refractivity (Wildman–Crippen MR) is 107 cm³/mol. The molecular weight excluding hydrogens is 359 g/mol. The van der Waals surface area contributed by atoms with Gasteiger partial charge in [0.25, 0.3) is 0 Å². The molecule has 2 aliphatic heterocycles. The number of halogens is 1. The molecule has 0 unspecified atom stereocenters. The van der Waals surface area contributed by atoms with Gasteiger partial charge in [-0.15, -0.1) is 0 Å². The molecule has 0 N–H and O–H groups in total. The first kappa shape index (κ1) is 21.1. The highest BCUT2D eigenvalue weighted by atomic mass is 19.1. The minimum Gasteiger partial charge on any atom is -0.444 e. The molecule has 1 aromatic rings. The van der Waals surface area contributed by atoms with Crippen LogP contribution in [-0.2, 0) is 15.1 Å². The van der Waals surface area contributed by atoms with E-state index in [1.807, 2.05) is 32.9 Å². The van der Waals surface area contributed by atoms with Crippen LogP contribution in [0.5, 0.6) is 0 Å². The maximum absolute atomic E-state index is 13.4. The monoisotopic (exact) mass is 392 g/mol. The lowest BCUT2D eigenvalue weighted by molar-refractivity contribution is -0.0936. The summed E-state index contributed by atoms with van der Waals surface area (Å²) >= 11 is 0. The SMILES string of the molecule is CC(C)(C)OC(=O)N1CCC(OCCN2CCCC2)(c2ccc(F)cc2)CC1. The summed E-state index contributed by atoms with van der Waals surface area (Å²) in [6.45, 7) is 10.6. The molecule has 0 spiro atoms. The quantitative estimate of drug-likeness (QED) is 0.754. The maximum atomic E-state index is 13.4. The molecule has 0 bridgehead atoms. The largest absolute Gasteiger partial charge is 0.444 e. The summed E-state index contributed by atoms with van der Waals surface area (Å²) in [6, 6.07) is 6.60. The number of nitrogens with zero attached hydrogens (tertiary/aromatic N) is 2. The van der Waals surface area contributed by atoms with Crippen LogP contribution in [-0.4, -0.2) is 60.8 Å². The first-order valence-corrected chi connectivity index (χ1v) is 10.4. The molecule has 0 radical (unpaired) electrons. The molecule has 1 aromatic carbocycles. The summed E-state index contributed by atoms with van der Waals surface area (Å²) in [6.07, 6.45) is 3.59. The molecule has 2 fully saturated rings. The molecule has 5 nitrogen and oxygen atoms in total. The van der Waals surface area contributed by atoms with Gasteiger partial charge >= 0.3 is 6.09 Å². The number of rotatable bonds is 5. The molecule has 1 amide bonds. The second-order valence-electron chi connectivity index (χ2n) is 8.87. The molecule has 156 valence electrons. The third kappa shape index (κ3) is 5.45. The summed E-state index contributed by atoms with van der Waals surface area (Å²) in [5.74, 6) is -0.248. The lowest BCUT2D eigenvalue weighted by atomic mass is 9.84. The van der Waals surface area contributed by atoms with Crippen molar-refractivity contribution in [1.82, 2.24) is 9.80 Å². The van der Waals surface area contributed by atoms with E-state index in [0.717, 1.165) is 25.2 Å². The van der Waals surface area contributed by atoms with Crippen molar-refractivity contribution in [2.75, 3.05) is 39.3 Å². The standard InChI is InChI=1S/C22H33FN2O3/c1-21(2,3)28-20(26)25-14-10-22(11-15-25,18-6-8-19(23)9-7-18)27-17-16-24-12-4-5-13-24/h6-9H,4-5,10-17H2,1-3H3. The number of ether oxygens (including phenoxy) is 2. The molecule has 0 saturated carbocycles. The van der Waals surface area contributed by atoms with Gasteiger partial charge in [0.2, 0.25) is 0 Å². The summed E-state index contributed by atoms with van der Waals surface area (Å²) in [5, 5.41) is 0. The van der Waals surface area contributed by atoms with Crippen LogP contribution in [0.15, 0.2) is 24.3 Å². The lowest BCUT2D eigenvalue weighted by Crippen LogP contribution is -2.48. The van der Waals surface area contributed by atoms with Gasteiger partial charge < -0.3 is 19.3 Å². The lowest BCUT2D eigenvalue weighted by Gasteiger charge is -2.42. The van der Waals surface area contributed by atoms with E-state index in [-0.39, 0.29) is 11.9 Å². The van der Waals surface area contributed by atoms with Crippen molar-refractivity contribution in [1.29, 1.82) is 0 Å². The van der Waals surface area contributed by atoms with E-state index in [9.17, 15) is 9.18 Å². The summed E-state index contributed by atoms with van der Waals surface area (Å²) < 4.78 is 25.4. The maximum Gasteiger partial charge on any atom is 0.410 e. The van der Waals surface area contributed by atoms with Gasteiger partial charge in [0, 0.05) is 19.6 Å². The van der Waals surface area contributed by atoms with Crippen LogP contribution in [0.1, 0.15) is 52.0 Å². The van der Waals surface area contributed by atoms with Crippen molar-refractivity contribution in [3.8, 4) is 0 Å². The van der Waals surface area contributed by atoms with Crippen LogP contribution in [0.3, 0.4) is 0 Å². The van der Waals surface area contributed by atoms with Crippen molar-refractivity contribution >= 4 is 6.09 Å². The van der Waals surface area contributed by atoms with Gasteiger partial charge in [-0.05, 0) is 77.2 Å². The first-order valence-electron chi connectivity index (χ1n) is 10.4. The second-order valence-corrected chi connectivity index (χ2v) is 8.87. The van der Waals surface area contributed by atoms with Gasteiger partial charge in [0.15, 0.2) is 0 Å². The van der Waals surface area contributed by atoms with Crippen molar-refractivity contribution in [2.24, 2.45) is 0 Å². The van der Waals surface area contributed by atoms with Crippen molar-refractivity contribution < 1.29 is 18.7 Å². The van der Waals surface area contributed by atoms with Crippen LogP contribution < -0.4 is 0 Å². The Morgan fingerprint density at radius 1 is 1.07 bits per heavy atom. The molecule has 2 saturated heterocycles. The van der Waals surface area contributed by atoms with Crippen LogP contribution in [0.25, 0.3) is 0 Å². The molecule has 0 aliphatic carbocycles. The van der Waals surface area contributed by atoms with Crippen LogP contribution >= 0.6 is 0 Å². The molecule has 3 rings (SSSR count). The number of carbonyl (C=O) groups is 1. The van der Waals surface area contributed by atoms with Crippen molar-refractivity contribution in [3.63, 3.8) is 0 Å². The number of likely N-dealkylation sites (tertiary alicyclic amines) is 2. The molecule has 2 heterocycles. The number of hydrogen-bond acceptors (Lipinski definition) is 4. The number of amides is 1. The molecule has 0 aromatic heterocycles. The summed E-state index contributed by atoms with van der Waals surface area (Å²) in [5.41, 5.74) is -0.0000420. The van der Waals surface area contributed by atoms with E-state index in [4.69, 9.17) is 9.47 Å². The Hall–Kier alpha value is -1.66. The fourth-order valence-corrected chi connectivity index (χ4v) is 4.02. The minimum atomic E-state index is -0.505. The average molecular weight is 393 g/mol. The van der Waals surface area contributed by atoms with Gasteiger partial charge in [0.1, 0.15) is 11.4 Å². The van der Waals surface area contributed by atoms with Crippen LogP contribution in [0, 0.1) is 5.82 Å². The molecule has 6 heteroatoms. The summed E-state index contributed by atoms with van der Waals surface area (Å²) in [4.78, 5) is 16.6. The third-order valence-electron chi connectivity index (χ3n) is 5.58. The predicted octanol–water partition coefficient (Wildman–Crippen LogP) is 4.16. The normalized spacial score (nSPS) is 20.4. The van der Waals surface area contributed by atoms with E-state index >= 15 is 0 Å². The number of hydrogen-bond donors (Lipinski definition) is 0. The zero-order valence-electron chi connectivity index (χ0n) is 17.4. The second kappa shape index (κ2) is 8.78. The summed E-state index contributed by atoms with van der Waals surface area (Å²) in [7, 11) is 0. The fraction of sp³-hybridized carbons (Fsp3) is 0.682. The van der Waals surface area contributed by atoms with Gasteiger partial charge in [0.05, 0.1) is 12.2 Å². The van der Waals surface area contributed by atoms with E-state index in [1.54, 1.807) is 4.90 Å². The van der Waals surface area contributed by atoms with Gasteiger partial charge in [-0.25, -0.2) is 9.18 Å². The highest BCUT2D eigenvalue weighted by Crippen LogP contribution is 2.37. The first-order chi connectivity index (χ1) is 13.3. The van der Waals surface area contributed by atoms with E-state index in [0.29, 0.717) is 32.5 Å². The molecule has 0 atom stereocenters. The Balaban J connectivity index is 1.65. The Kier molecular flexibility index (Phi) is 6.61. The fourth-order valence-electron chi connectivity index (χ4n) is 4.02. The number of benzene rings is 1. The topological polar surface area (TPSA) is 42.0 Å². The number of piperidine rings is 1. The molecule has 2 aliphatic rings. The zero-order valence-corrected chi connectivity index (χ0v) is 17.4. The Morgan fingerprint density at radius 3 is 2.25 bits per heavy atom. The highest BCUT2D eigenvalue weighted by molar-refractivity contribution is 5.68. The van der Waals surface area contributed by atoms with E-state index in [1.165, 1.54) is 25.0 Å². The smallest absolute Gasteiger partial charge is 0.410 e. The average Bonchev–Trinajstić information content (AvgIpc) is 3.15. The van der Waals surface area contributed by atoms with Crippen LogP contribution in [0.2, 0.25) is 0 Å². The Morgan fingerprint density at radius 2 is 1.68 bits per heavy atom. The van der Waals surface area contributed by atoms with Gasteiger partial charge in [-0.1, -0.05) is 12.1 Å². The zero-order chi connectivity index (χ0) is 20.2. The highest BCUT2D eigenvalue weighted by Gasteiger charge is 2.39. The number of carbonyl (C=O) groups excluding carboxylic acids is 1. The van der Waals surface area contributed by atoms with Crippen molar-refractivity contribution in [2.45, 2.75) is 57.7 Å². The van der Waals surface area contributed by atoms with E-state index in [2.05, 4.69) is 4.90 Å². The van der Waals surface area contributed by atoms with Crippen LogP contribution in [0.4, 0.5) is 9.18 Å². The van der Waals surface area contributed by atoms with E-state index < -0.39 is 11.2 Å². The van der Waals surface area contributed by atoms with Gasteiger partial charge in [-0.3, -0.25) is 0 Å². The minimum absolute atomic E-state index is 0.248. The third-order valence-corrected chi connectivity index (χ3v) is 5.58.